The Kier molecular flexibility index (Phi) is 3.41. The van der Waals surface area contributed by atoms with Crippen molar-refractivity contribution in [2.75, 3.05) is 6.16 Å². The van der Waals surface area contributed by atoms with Gasteiger partial charge in [-0.3, -0.25) is 0 Å². The fourth-order valence-electron chi connectivity index (χ4n) is 2.01. The third-order valence-electron chi connectivity index (χ3n) is 3.23. The van der Waals surface area contributed by atoms with Crippen LogP contribution in [0.4, 0.5) is 0 Å². The first-order valence-electron chi connectivity index (χ1n) is 5.58. The third kappa shape index (κ3) is 2.03. The maximum Gasteiger partial charge on any atom is 0.0209 e. The predicted octanol–water partition coefficient (Wildman–Crippen LogP) is 3.87. The highest BCUT2D eigenvalue weighted by Gasteiger charge is 2.26. The Morgan fingerprint density at radius 2 is 1.19 bits per heavy atom. The summed E-state index contributed by atoms with van der Waals surface area (Å²) >= 11 is 0. The molecule has 1 heteroatoms. The fourth-order valence-corrected chi connectivity index (χ4v) is 2.49. The molecule has 2 rings (SSSR count). The van der Waals surface area contributed by atoms with Gasteiger partial charge in [-0.25, -0.2) is 0 Å². The predicted molar refractivity (Wildman–Crippen MR) is 73.9 cm³/mol. The van der Waals surface area contributed by atoms with Gasteiger partial charge in [0.05, 0.1) is 0 Å². The van der Waals surface area contributed by atoms with E-state index in [1.807, 2.05) is 0 Å². The SMILES string of the molecule is CC(CP)(c1ccccc1)c1ccccc1. The highest BCUT2D eigenvalue weighted by atomic mass is 31.0. The Labute approximate surface area is 99.9 Å². The molecule has 0 radical (unpaired) electrons. The maximum absolute atomic E-state index is 2.87. The lowest BCUT2D eigenvalue weighted by Crippen LogP contribution is -2.25. The van der Waals surface area contributed by atoms with Gasteiger partial charge in [-0.15, -0.1) is 9.24 Å². The van der Waals surface area contributed by atoms with Gasteiger partial charge in [0.25, 0.3) is 0 Å². The second-order valence-corrected chi connectivity index (χ2v) is 4.68. The Morgan fingerprint density at radius 3 is 1.50 bits per heavy atom. The molecule has 0 saturated heterocycles. The Balaban J connectivity index is 2.49. The van der Waals surface area contributed by atoms with Gasteiger partial charge in [-0.1, -0.05) is 67.6 Å². The molecule has 2 aromatic carbocycles. The van der Waals surface area contributed by atoms with E-state index in [4.69, 9.17) is 0 Å². The molecule has 0 aliphatic carbocycles. The summed E-state index contributed by atoms with van der Waals surface area (Å²) in [7, 11) is 2.87. The molecule has 0 saturated carbocycles. The van der Waals surface area contributed by atoms with Gasteiger partial charge in [0, 0.05) is 5.41 Å². The van der Waals surface area contributed by atoms with Crippen molar-refractivity contribution < 1.29 is 0 Å². The normalized spacial score (nSPS) is 11.4. The topological polar surface area (TPSA) is 0 Å². The van der Waals surface area contributed by atoms with Crippen molar-refractivity contribution >= 4 is 9.24 Å². The molecular weight excluding hydrogens is 211 g/mol. The van der Waals surface area contributed by atoms with Gasteiger partial charge < -0.3 is 0 Å². The Bertz CT molecular complexity index is 394. The summed E-state index contributed by atoms with van der Waals surface area (Å²) in [4.78, 5) is 0. The van der Waals surface area contributed by atoms with Crippen molar-refractivity contribution in [3.05, 3.63) is 71.8 Å². The first-order valence-corrected chi connectivity index (χ1v) is 6.40. The number of hydrogen-bond donors (Lipinski definition) is 0. The first kappa shape index (κ1) is 11.4. The average Bonchev–Trinajstić information content (AvgIpc) is 2.40. The van der Waals surface area contributed by atoms with Crippen molar-refractivity contribution in [3.63, 3.8) is 0 Å². The minimum absolute atomic E-state index is 0.0905. The van der Waals surface area contributed by atoms with E-state index >= 15 is 0 Å². The minimum Gasteiger partial charge on any atom is -0.136 e. The van der Waals surface area contributed by atoms with E-state index in [0.29, 0.717) is 0 Å². The van der Waals surface area contributed by atoms with Crippen LogP contribution in [0.15, 0.2) is 60.7 Å². The van der Waals surface area contributed by atoms with Crippen LogP contribution in [0.25, 0.3) is 0 Å². The van der Waals surface area contributed by atoms with Crippen LogP contribution in [0, 0.1) is 0 Å². The van der Waals surface area contributed by atoms with E-state index in [2.05, 4.69) is 76.8 Å². The van der Waals surface area contributed by atoms with Gasteiger partial charge in [0.2, 0.25) is 0 Å². The number of benzene rings is 2. The summed E-state index contributed by atoms with van der Waals surface area (Å²) in [6, 6.07) is 21.4. The van der Waals surface area contributed by atoms with Crippen molar-refractivity contribution in [3.8, 4) is 0 Å². The average molecular weight is 228 g/mol. The summed E-state index contributed by atoms with van der Waals surface area (Å²) in [5, 5.41) is 0. The van der Waals surface area contributed by atoms with Crippen LogP contribution in [0.5, 0.6) is 0 Å². The van der Waals surface area contributed by atoms with E-state index < -0.39 is 0 Å². The van der Waals surface area contributed by atoms with E-state index in [0.717, 1.165) is 6.16 Å². The van der Waals surface area contributed by atoms with Crippen molar-refractivity contribution in [1.29, 1.82) is 0 Å². The van der Waals surface area contributed by atoms with Gasteiger partial charge >= 0.3 is 0 Å². The summed E-state index contributed by atoms with van der Waals surface area (Å²) in [6.45, 7) is 2.30. The van der Waals surface area contributed by atoms with Gasteiger partial charge in [-0.2, -0.15) is 0 Å². The zero-order valence-corrected chi connectivity index (χ0v) is 10.7. The smallest absolute Gasteiger partial charge is 0.0209 e. The monoisotopic (exact) mass is 228 g/mol. The zero-order chi connectivity index (χ0) is 11.4. The second-order valence-electron chi connectivity index (χ2n) is 4.27. The third-order valence-corrected chi connectivity index (χ3v) is 4.05. The summed E-state index contributed by atoms with van der Waals surface area (Å²) in [6.07, 6.45) is 1.03. The van der Waals surface area contributed by atoms with Crippen LogP contribution in [0.2, 0.25) is 0 Å². The molecule has 2 aromatic rings. The molecule has 82 valence electrons. The van der Waals surface area contributed by atoms with Crippen molar-refractivity contribution in [2.24, 2.45) is 0 Å². The largest absolute Gasteiger partial charge is 0.136 e. The molecule has 1 unspecified atom stereocenters. The summed E-state index contributed by atoms with van der Waals surface area (Å²) < 4.78 is 0. The molecule has 0 spiro atoms. The molecule has 0 aliphatic rings. The molecular formula is C15H17P. The molecule has 16 heavy (non-hydrogen) atoms. The zero-order valence-electron chi connectivity index (χ0n) is 9.56. The molecule has 0 aliphatic heterocycles. The van der Waals surface area contributed by atoms with Crippen LogP contribution in [0.3, 0.4) is 0 Å². The first-order chi connectivity index (χ1) is 7.77. The fraction of sp³-hybridized carbons (Fsp3) is 0.200. The minimum atomic E-state index is 0.0905. The molecule has 1 atom stereocenters. The molecule has 0 N–H and O–H groups in total. The molecule has 0 amide bonds. The van der Waals surface area contributed by atoms with Crippen LogP contribution in [-0.2, 0) is 5.41 Å². The molecule has 0 nitrogen and oxygen atoms in total. The highest BCUT2D eigenvalue weighted by molar-refractivity contribution is 7.16. The maximum atomic E-state index is 2.87. The Hall–Kier alpha value is -1.13. The highest BCUT2D eigenvalue weighted by Crippen LogP contribution is 2.33. The van der Waals surface area contributed by atoms with Crippen LogP contribution in [-0.4, -0.2) is 6.16 Å². The van der Waals surface area contributed by atoms with Crippen LogP contribution in [0.1, 0.15) is 18.1 Å². The van der Waals surface area contributed by atoms with Crippen LogP contribution < -0.4 is 0 Å². The van der Waals surface area contributed by atoms with E-state index in [9.17, 15) is 0 Å². The van der Waals surface area contributed by atoms with E-state index in [1.165, 1.54) is 11.1 Å². The lowest BCUT2D eigenvalue weighted by molar-refractivity contribution is 0.653. The molecule has 0 heterocycles. The Morgan fingerprint density at radius 1 is 0.812 bits per heavy atom. The van der Waals surface area contributed by atoms with Crippen molar-refractivity contribution in [1.82, 2.24) is 0 Å². The van der Waals surface area contributed by atoms with E-state index in [-0.39, 0.29) is 5.41 Å². The van der Waals surface area contributed by atoms with Crippen molar-refractivity contribution in [2.45, 2.75) is 12.3 Å². The van der Waals surface area contributed by atoms with Crippen LogP contribution >= 0.6 is 9.24 Å². The second kappa shape index (κ2) is 4.80. The standard InChI is InChI=1S/C15H17P/c1-15(12-16,13-8-4-2-5-9-13)14-10-6-3-7-11-14/h2-11H,12,16H2,1H3. The lowest BCUT2D eigenvalue weighted by atomic mass is 9.78. The van der Waals surface area contributed by atoms with Gasteiger partial charge in [-0.05, 0) is 17.3 Å². The quantitative estimate of drug-likeness (QED) is 0.700. The lowest BCUT2D eigenvalue weighted by Gasteiger charge is -2.29. The van der Waals surface area contributed by atoms with Gasteiger partial charge in [0.1, 0.15) is 0 Å². The van der Waals surface area contributed by atoms with E-state index in [1.54, 1.807) is 0 Å². The number of rotatable bonds is 3. The molecule has 0 aromatic heterocycles. The molecule has 0 bridgehead atoms. The summed E-state index contributed by atoms with van der Waals surface area (Å²) in [5.41, 5.74) is 2.83. The summed E-state index contributed by atoms with van der Waals surface area (Å²) in [5.74, 6) is 0. The van der Waals surface area contributed by atoms with Gasteiger partial charge in [0.15, 0.2) is 0 Å². The number of hydrogen-bond acceptors (Lipinski definition) is 0. The molecule has 0 fully saturated rings.